The average molecular weight is 367 g/mol. The Balaban J connectivity index is 2.13. The van der Waals surface area contributed by atoms with E-state index in [0.29, 0.717) is 11.4 Å². The van der Waals surface area contributed by atoms with Crippen LogP contribution in [0.25, 0.3) is 0 Å². The van der Waals surface area contributed by atoms with E-state index < -0.39 is 21.1 Å². The number of anilines is 1. The Morgan fingerprint density at radius 3 is 2.67 bits per heavy atom. The fourth-order valence-electron chi connectivity index (χ4n) is 2.55. The minimum Gasteiger partial charge on any atom is -0.461 e. The molecule has 0 amide bonds. The Morgan fingerprint density at radius 2 is 2.00 bits per heavy atom. The second kappa shape index (κ2) is 6.33. The molecule has 2 aromatic rings. The molecule has 6 nitrogen and oxygen atoms in total. The zero-order valence-corrected chi connectivity index (χ0v) is 14.3. The number of nitrogens with zero attached hydrogens (tertiary/aromatic N) is 1. The SMILES string of the molecule is CCOC(=O)C1=CC(S(=O)(=O)c2ccccc2)c2[nH]ccc2N1Cl. The Labute approximate surface area is 144 Å². The molecule has 1 N–H and O–H groups in total. The van der Waals surface area contributed by atoms with Crippen molar-refractivity contribution in [3.05, 3.63) is 60.1 Å². The van der Waals surface area contributed by atoms with Crippen LogP contribution in [0.5, 0.6) is 0 Å². The molecule has 1 aliphatic rings. The number of rotatable bonds is 4. The van der Waals surface area contributed by atoms with Crippen molar-refractivity contribution in [2.24, 2.45) is 0 Å². The van der Waals surface area contributed by atoms with Crippen molar-refractivity contribution < 1.29 is 17.9 Å². The van der Waals surface area contributed by atoms with E-state index in [4.69, 9.17) is 16.5 Å². The number of halogens is 1. The van der Waals surface area contributed by atoms with Crippen LogP contribution in [0.4, 0.5) is 5.69 Å². The molecule has 24 heavy (non-hydrogen) atoms. The number of hydrogen-bond donors (Lipinski definition) is 1. The van der Waals surface area contributed by atoms with Gasteiger partial charge in [-0.05, 0) is 31.2 Å². The van der Waals surface area contributed by atoms with Crippen LogP contribution in [0.2, 0.25) is 0 Å². The molecule has 1 aromatic carbocycles. The normalized spacial score (nSPS) is 17.2. The van der Waals surface area contributed by atoms with E-state index in [-0.39, 0.29) is 17.2 Å². The lowest BCUT2D eigenvalue weighted by molar-refractivity contribution is -0.138. The predicted molar refractivity (Wildman–Crippen MR) is 90.2 cm³/mol. The molecular weight excluding hydrogens is 352 g/mol. The first kappa shape index (κ1) is 16.6. The van der Waals surface area contributed by atoms with Crippen molar-refractivity contribution in [1.29, 1.82) is 0 Å². The molecule has 0 bridgehead atoms. The first-order valence-corrected chi connectivity index (χ1v) is 9.16. The number of fused-ring (bicyclic) bond motifs is 1. The van der Waals surface area contributed by atoms with E-state index in [9.17, 15) is 13.2 Å². The van der Waals surface area contributed by atoms with Crippen LogP contribution < -0.4 is 4.42 Å². The molecular formula is C16H15ClN2O4S. The lowest BCUT2D eigenvalue weighted by Crippen LogP contribution is -2.28. The minimum atomic E-state index is -3.75. The van der Waals surface area contributed by atoms with Crippen molar-refractivity contribution in [1.82, 2.24) is 4.98 Å². The fraction of sp³-hybridized carbons (Fsp3) is 0.188. The summed E-state index contributed by atoms with van der Waals surface area (Å²) in [4.78, 5) is 15.2. The first-order chi connectivity index (χ1) is 11.5. The second-order valence-electron chi connectivity index (χ2n) is 5.11. The largest absolute Gasteiger partial charge is 0.461 e. The highest BCUT2D eigenvalue weighted by Gasteiger charge is 2.38. The van der Waals surface area contributed by atoms with Crippen LogP contribution in [0.3, 0.4) is 0 Å². The smallest absolute Gasteiger partial charge is 0.356 e. The fourth-order valence-corrected chi connectivity index (χ4v) is 4.46. The number of esters is 1. The number of ether oxygens (including phenoxy) is 1. The zero-order chi connectivity index (χ0) is 17.3. The topological polar surface area (TPSA) is 79.5 Å². The lowest BCUT2D eigenvalue weighted by atomic mass is 10.1. The van der Waals surface area contributed by atoms with Gasteiger partial charge in [0.25, 0.3) is 0 Å². The van der Waals surface area contributed by atoms with Crippen LogP contribution in [0.15, 0.2) is 59.3 Å². The van der Waals surface area contributed by atoms with Gasteiger partial charge in [-0.3, -0.25) is 0 Å². The summed E-state index contributed by atoms with van der Waals surface area (Å²) in [7, 11) is -3.75. The molecule has 2 heterocycles. The molecule has 0 saturated carbocycles. The summed E-state index contributed by atoms with van der Waals surface area (Å²) in [5, 5.41) is -1.06. The van der Waals surface area contributed by atoms with Gasteiger partial charge in [0.15, 0.2) is 9.84 Å². The molecule has 0 fully saturated rings. The molecule has 1 aromatic heterocycles. The standard InChI is InChI=1S/C16H15ClN2O4S/c1-2-23-16(20)13-10-14(15-12(19(13)17)8-9-18-15)24(21,22)11-6-4-3-5-7-11/h3-10,14,18H,2H2,1H3. The molecule has 1 atom stereocenters. The zero-order valence-electron chi connectivity index (χ0n) is 12.8. The van der Waals surface area contributed by atoms with Crippen molar-refractivity contribution in [3.63, 3.8) is 0 Å². The highest BCUT2D eigenvalue weighted by atomic mass is 35.5. The van der Waals surface area contributed by atoms with Crippen molar-refractivity contribution in [3.8, 4) is 0 Å². The summed E-state index contributed by atoms with van der Waals surface area (Å²) >= 11 is 6.20. The van der Waals surface area contributed by atoms with E-state index in [1.807, 2.05) is 0 Å². The molecule has 0 spiro atoms. The van der Waals surface area contributed by atoms with Gasteiger partial charge in [-0.2, -0.15) is 0 Å². The van der Waals surface area contributed by atoms with Crippen molar-refractivity contribution in [2.75, 3.05) is 11.0 Å². The quantitative estimate of drug-likeness (QED) is 0.664. The summed E-state index contributed by atoms with van der Waals surface area (Å²) < 4.78 is 32.1. The van der Waals surface area contributed by atoms with Gasteiger partial charge in [0, 0.05) is 18.0 Å². The van der Waals surface area contributed by atoms with E-state index in [1.54, 1.807) is 37.4 Å². The number of benzene rings is 1. The third kappa shape index (κ3) is 2.70. The van der Waals surface area contributed by atoms with Gasteiger partial charge in [-0.25, -0.2) is 17.6 Å². The Hall–Kier alpha value is -2.25. The summed E-state index contributed by atoms with van der Waals surface area (Å²) in [5.74, 6) is -0.674. The Kier molecular flexibility index (Phi) is 4.38. The maximum Gasteiger partial charge on any atom is 0.356 e. The van der Waals surface area contributed by atoms with Gasteiger partial charge < -0.3 is 9.72 Å². The van der Waals surface area contributed by atoms with Crippen molar-refractivity contribution in [2.45, 2.75) is 17.1 Å². The lowest BCUT2D eigenvalue weighted by Gasteiger charge is -2.27. The number of carbonyl (C=O) groups is 1. The molecule has 8 heteroatoms. The van der Waals surface area contributed by atoms with Gasteiger partial charge in [0.2, 0.25) is 0 Å². The third-order valence-corrected chi connectivity index (χ3v) is 6.00. The van der Waals surface area contributed by atoms with Gasteiger partial charge in [-0.1, -0.05) is 18.2 Å². The molecule has 0 aliphatic carbocycles. The maximum atomic E-state index is 13.0. The highest BCUT2D eigenvalue weighted by molar-refractivity contribution is 7.91. The number of aromatic amines is 1. The summed E-state index contributed by atoms with van der Waals surface area (Å²) in [5.41, 5.74) is 0.795. The molecule has 3 rings (SSSR count). The van der Waals surface area contributed by atoms with Gasteiger partial charge in [0.05, 0.1) is 22.9 Å². The molecule has 1 aliphatic heterocycles. The van der Waals surface area contributed by atoms with E-state index in [1.165, 1.54) is 18.2 Å². The number of H-pyrrole nitrogens is 1. The number of aromatic nitrogens is 1. The summed E-state index contributed by atoms with van der Waals surface area (Å²) in [6.07, 6.45) is 2.89. The van der Waals surface area contributed by atoms with Crippen molar-refractivity contribution >= 4 is 33.3 Å². The molecule has 126 valence electrons. The van der Waals surface area contributed by atoms with Crippen LogP contribution in [-0.4, -0.2) is 26.0 Å². The molecule has 0 saturated heterocycles. The van der Waals surface area contributed by atoms with Crippen LogP contribution in [-0.2, 0) is 19.4 Å². The van der Waals surface area contributed by atoms with Gasteiger partial charge in [0.1, 0.15) is 10.9 Å². The number of nitrogens with one attached hydrogen (secondary N) is 1. The monoisotopic (exact) mass is 366 g/mol. The summed E-state index contributed by atoms with van der Waals surface area (Å²) in [6, 6.07) is 9.68. The molecule has 1 unspecified atom stereocenters. The first-order valence-electron chi connectivity index (χ1n) is 7.28. The molecule has 0 radical (unpaired) electrons. The maximum absolute atomic E-state index is 13.0. The van der Waals surface area contributed by atoms with Crippen LogP contribution in [0.1, 0.15) is 17.9 Å². The van der Waals surface area contributed by atoms with E-state index in [2.05, 4.69) is 4.98 Å². The van der Waals surface area contributed by atoms with E-state index >= 15 is 0 Å². The van der Waals surface area contributed by atoms with Crippen LogP contribution in [0, 0.1) is 0 Å². The predicted octanol–water partition coefficient (Wildman–Crippen LogP) is 2.95. The van der Waals surface area contributed by atoms with Gasteiger partial charge >= 0.3 is 5.97 Å². The van der Waals surface area contributed by atoms with E-state index in [0.717, 1.165) is 4.42 Å². The third-order valence-electron chi connectivity index (χ3n) is 3.66. The highest BCUT2D eigenvalue weighted by Crippen LogP contribution is 2.42. The summed E-state index contributed by atoms with van der Waals surface area (Å²) in [6.45, 7) is 1.83. The Morgan fingerprint density at radius 1 is 1.29 bits per heavy atom. The number of hydrogen-bond acceptors (Lipinski definition) is 5. The second-order valence-corrected chi connectivity index (χ2v) is 7.52. The number of sulfone groups is 1. The Bertz CT molecular complexity index is 890. The average Bonchev–Trinajstić information content (AvgIpc) is 3.06. The number of carbonyl (C=O) groups excluding carboxylic acids is 1. The minimum absolute atomic E-state index is 0.0184. The van der Waals surface area contributed by atoms with Crippen LogP contribution >= 0.6 is 11.8 Å². The van der Waals surface area contributed by atoms with Gasteiger partial charge in [-0.15, -0.1) is 0 Å².